The van der Waals surface area contributed by atoms with E-state index in [0.717, 1.165) is 0 Å². The molecule has 0 N–H and O–H groups in total. The molecule has 1 aliphatic heterocycles. The van der Waals surface area contributed by atoms with Crippen LogP contribution in [-0.2, 0) is 14.3 Å². The molecule has 0 aliphatic carbocycles. The summed E-state index contributed by atoms with van der Waals surface area (Å²) in [4.78, 5) is 28.0. The second kappa shape index (κ2) is 8.08. The number of ether oxygens (including phenoxy) is 2. The number of carbonyl (C=O) groups is 2. The maximum absolute atomic E-state index is 12.7. The lowest BCUT2D eigenvalue weighted by Gasteiger charge is -2.39. The van der Waals surface area contributed by atoms with Crippen LogP contribution in [0.2, 0.25) is 10.0 Å². The van der Waals surface area contributed by atoms with Gasteiger partial charge in [-0.25, -0.2) is 9.59 Å². The minimum Gasteiger partial charge on any atom is -0.460 e. The standard InChI is InChI=1S/C17H20Cl2N2O4/c1-10-14(16(22)25-8-7-24-4)15(21(3)17(23)20(10)2)12-6-5-11(18)9-13(12)19/h5-6,9,15H,7-8H2,1-4H3/t15-/m1/s1. The Balaban J connectivity index is 2.51. The van der Waals surface area contributed by atoms with Crippen LogP contribution >= 0.6 is 23.2 Å². The number of amides is 2. The van der Waals surface area contributed by atoms with E-state index in [1.54, 1.807) is 39.2 Å². The van der Waals surface area contributed by atoms with Crippen molar-refractivity contribution in [2.24, 2.45) is 0 Å². The molecule has 25 heavy (non-hydrogen) atoms. The normalized spacial score (nSPS) is 18.0. The van der Waals surface area contributed by atoms with Crippen LogP contribution in [-0.4, -0.2) is 56.2 Å². The van der Waals surface area contributed by atoms with Gasteiger partial charge >= 0.3 is 12.0 Å². The van der Waals surface area contributed by atoms with Crippen LogP contribution in [0.1, 0.15) is 18.5 Å². The Morgan fingerprint density at radius 1 is 1.24 bits per heavy atom. The Bertz CT molecular complexity index is 721. The van der Waals surface area contributed by atoms with Gasteiger partial charge in [0.1, 0.15) is 6.61 Å². The van der Waals surface area contributed by atoms with Gasteiger partial charge in [-0.15, -0.1) is 0 Å². The number of allylic oxidation sites excluding steroid dienone is 1. The topological polar surface area (TPSA) is 59.1 Å². The van der Waals surface area contributed by atoms with Crippen LogP contribution in [0.4, 0.5) is 4.79 Å². The predicted molar refractivity (Wildman–Crippen MR) is 95.7 cm³/mol. The van der Waals surface area contributed by atoms with Gasteiger partial charge in [0.25, 0.3) is 0 Å². The van der Waals surface area contributed by atoms with Crippen LogP contribution in [0.25, 0.3) is 0 Å². The van der Waals surface area contributed by atoms with Crippen molar-refractivity contribution >= 4 is 35.2 Å². The molecular formula is C17H20Cl2N2O4. The highest BCUT2D eigenvalue weighted by Gasteiger charge is 2.40. The lowest BCUT2D eigenvalue weighted by atomic mass is 9.93. The van der Waals surface area contributed by atoms with Crippen molar-refractivity contribution in [2.45, 2.75) is 13.0 Å². The van der Waals surface area contributed by atoms with Crippen LogP contribution in [0, 0.1) is 0 Å². The molecule has 2 amide bonds. The van der Waals surface area contributed by atoms with Gasteiger partial charge in [-0.05, 0) is 24.6 Å². The number of urea groups is 1. The molecule has 0 aromatic heterocycles. The van der Waals surface area contributed by atoms with Gasteiger partial charge in [0, 0.05) is 36.9 Å². The summed E-state index contributed by atoms with van der Waals surface area (Å²) in [6.07, 6.45) is 0. The zero-order chi connectivity index (χ0) is 18.7. The van der Waals surface area contributed by atoms with Crippen LogP contribution in [0.15, 0.2) is 29.5 Å². The minimum atomic E-state index is -0.663. The van der Waals surface area contributed by atoms with Crippen LogP contribution in [0.5, 0.6) is 0 Å². The average Bonchev–Trinajstić information content (AvgIpc) is 2.57. The average molecular weight is 387 g/mol. The van der Waals surface area contributed by atoms with E-state index < -0.39 is 12.0 Å². The highest BCUT2D eigenvalue weighted by molar-refractivity contribution is 6.35. The van der Waals surface area contributed by atoms with Gasteiger partial charge < -0.3 is 19.3 Å². The van der Waals surface area contributed by atoms with E-state index in [0.29, 0.717) is 26.9 Å². The molecule has 1 atom stereocenters. The number of hydrogen-bond acceptors (Lipinski definition) is 4. The maximum Gasteiger partial charge on any atom is 0.338 e. The Morgan fingerprint density at radius 3 is 2.52 bits per heavy atom. The zero-order valence-electron chi connectivity index (χ0n) is 14.5. The SMILES string of the molecule is COCCOC(=O)C1=C(C)N(C)C(=O)N(C)[C@@H]1c1ccc(Cl)cc1Cl. The van der Waals surface area contributed by atoms with Gasteiger partial charge in [0.05, 0.1) is 18.2 Å². The molecule has 1 heterocycles. The molecule has 0 saturated heterocycles. The number of nitrogens with zero attached hydrogens (tertiary/aromatic N) is 2. The van der Waals surface area contributed by atoms with Crippen molar-refractivity contribution < 1.29 is 19.1 Å². The van der Waals surface area contributed by atoms with Crippen molar-refractivity contribution in [3.63, 3.8) is 0 Å². The summed E-state index contributed by atoms with van der Waals surface area (Å²) in [5, 5.41) is 0.845. The Morgan fingerprint density at radius 2 is 1.92 bits per heavy atom. The highest BCUT2D eigenvalue weighted by atomic mass is 35.5. The first-order valence-electron chi connectivity index (χ1n) is 7.61. The minimum absolute atomic E-state index is 0.120. The quantitative estimate of drug-likeness (QED) is 0.573. The van der Waals surface area contributed by atoms with Gasteiger partial charge in [0.2, 0.25) is 0 Å². The smallest absolute Gasteiger partial charge is 0.338 e. The molecule has 6 nitrogen and oxygen atoms in total. The van der Waals surface area contributed by atoms with E-state index in [9.17, 15) is 9.59 Å². The van der Waals surface area contributed by atoms with E-state index in [-0.39, 0.29) is 19.2 Å². The summed E-state index contributed by atoms with van der Waals surface area (Å²) < 4.78 is 10.2. The number of carbonyl (C=O) groups excluding carboxylic acids is 2. The Kier molecular flexibility index (Phi) is 6.32. The number of halogens is 2. The van der Waals surface area contributed by atoms with E-state index in [1.807, 2.05) is 0 Å². The van der Waals surface area contributed by atoms with Crippen LogP contribution in [0.3, 0.4) is 0 Å². The van der Waals surface area contributed by atoms with E-state index in [1.165, 1.54) is 16.9 Å². The molecule has 1 aliphatic rings. The molecule has 0 saturated carbocycles. The molecular weight excluding hydrogens is 367 g/mol. The van der Waals surface area contributed by atoms with E-state index in [4.69, 9.17) is 32.7 Å². The van der Waals surface area contributed by atoms with Gasteiger partial charge in [0.15, 0.2) is 0 Å². The molecule has 0 bridgehead atoms. The lowest BCUT2D eigenvalue weighted by molar-refractivity contribution is -0.141. The summed E-state index contributed by atoms with van der Waals surface area (Å²) in [5.41, 5.74) is 1.47. The number of hydrogen-bond donors (Lipinski definition) is 0. The molecule has 0 radical (unpaired) electrons. The molecule has 0 unspecified atom stereocenters. The fraction of sp³-hybridized carbons (Fsp3) is 0.412. The van der Waals surface area contributed by atoms with Crippen LogP contribution < -0.4 is 0 Å². The number of esters is 1. The molecule has 0 spiro atoms. The number of benzene rings is 1. The van der Waals surface area contributed by atoms with Crippen molar-refractivity contribution in [1.82, 2.24) is 9.80 Å². The number of likely N-dealkylation sites (N-methyl/N-ethyl adjacent to an activating group) is 1. The second-order valence-electron chi connectivity index (χ2n) is 5.65. The third-order valence-electron chi connectivity index (χ3n) is 4.14. The Hall–Kier alpha value is -1.76. The summed E-state index contributed by atoms with van der Waals surface area (Å²) in [5.74, 6) is -0.517. The third-order valence-corrected chi connectivity index (χ3v) is 4.70. The summed E-state index contributed by atoms with van der Waals surface area (Å²) in [7, 11) is 4.75. The highest BCUT2D eigenvalue weighted by Crippen LogP contribution is 2.39. The van der Waals surface area contributed by atoms with Crippen molar-refractivity contribution in [3.8, 4) is 0 Å². The predicted octanol–water partition coefficient (Wildman–Crippen LogP) is 3.50. The van der Waals surface area contributed by atoms with Crippen molar-refractivity contribution in [2.75, 3.05) is 34.4 Å². The van der Waals surface area contributed by atoms with E-state index >= 15 is 0 Å². The first-order valence-corrected chi connectivity index (χ1v) is 8.37. The molecule has 1 aromatic rings. The summed E-state index contributed by atoms with van der Waals surface area (Å²) >= 11 is 12.3. The summed E-state index contributed by atoms with van der Waals surface area (Å²) in [6, 6.07) is 4.05. The molecule has 1 aromatic carbocycles. The summed E-state index contributed by atoms with van der Waals surface area (Å²) in [6.45, 7) is 2.11. The molecule has 2 rings (SSSR count). The first kappa shape index (κ1) is 19.6. The van der Waals surface area contributed by atoms with Gasteiger partial charge in [-0.1, -0.05) is 29.3 Å². The number of methoxy groups -OCH3 is 1. The zero-order valence-corrected chi connectivity index (χ0v) is 16.0. The van der Waals surface area contributed by atoms with Gasteiger partial charge in [-0.2, -0.15) is 0 Å². The lowest BCUT2D eigenvalue weighted by Crippen LogP contribution is -2.47. The van der Waals surface area contributed by atoms with Crippen molar-refractivity contribution in [1.29, 1.82) is 0 Å². The largest absolute Gasteiger partial charge is 0.460 e. The fourth-order valence-electron chi connectivity index (χ4n) is 2.70. The molecule has 136 valence electrons. The van der Waals surface area contributed by atoms with Crippen molar-refractivity contribution in [3.05, 3.63) is 45.1 Å². The second-order valence-corrected chi connectivity index (χ2v) is 6.49. The Labute approximate surface area is 156 Å². The number of rotatable bonds is 5. The monoisotopic (exact) mass is 386 g/mol. The van der Waals surface area contributed by atoms with E-state index in [2.05, 4.69) is 0 Å². The molecule has 8 heteroatoms. The molecule has 0 fully saturated rings. The third kappa shape index (κ3) is 3.92. The first-order chi connectivity index (χ1) is 11.8. The fourth-order valence-corrected chi connectivity index (χ4v) is 3.22. The maximum atomic E-state index is 12.7. The van der Waals surface area contributed by atoms with Gasteiger partial charge in [-0.3, -0.25) is 0 Å².